The Hall–Kier alpha value is -2.02. The Kier molecular flexibility index (Phi) is 3.90. The fraction of sp³-hybridized carbons (Fsp3) is 0.333. The van der Waals surface area contributed by atoms with E-state index < -0.39 is 5.97 Å². The summed E-state index contributed by atoms with van der Waals surface area (Å²) in [6, 6.07) is 5.11. The van der Waals surface area contributed by atoms with Crippen LogP contribution in [-0.2, 0) is 22.4 Å². The van der Waals surface area contributed by atoms with Crippen LogP contribution in [-0.4, -0.2) is 18.2 Å². The summed E-state index contributed by atoms with van der Waals surface area (Å²) < 4.78 is 4.52. The lowest BCUT2D eigenvalue weighted by molar-refractivity contribution is -0.139. The second kappa shape index (κ2) is 5.17. The van der Waals surface area contributed by atoms with Crippen LogP contribution in [0.2, 0.25) is 0 Å². The minimum Gasteiger partial charge on any atom is -0.508 e. The number of aromatic hydroxyl groups is 1. The molecule has 0 saturated carbocycles. The number of ether oxygens (including phenoxy) is 1. The molecule has 0 aliphatic carbocycles. The van der Waals surface area contributed by atoms with Gasteiger partial charge in [0.2, 0.25) is 0 Å². The van der Waals surface area contributed by atoms with Gasteiger partial charge in [-0.15, -0.1) is 0 Å². The summed E-state index contributed by atoms with van der Waals surface area (Å²) in [5.41, 5.74) is 1.59. The van der Waals surface area contributed by atoms with E-state index in [1.54, 1.807) is 6.07 Å². The van der Waals surface area contributed by atoms with Gasteiger partial charge in [-0.05, 0) is 24.1 Å². The summed E-state index contributed by atoms with van der Waals surface area (Å²) in [6.07, 6.45) is 0.635. The fourth-order valence-electron chi connectivity index (χ4n) is 1.53. The number of rotatable bonds is 3. The van der Waals surface area contributed by atoms with Gasteiger partial charge in [0.25, 0.3) is 0 Å². The molecule has 0 fully saturated rings. The van der Waals surface area contributed by atoms with Crippen LogP contribution in [0.4, 0.5) is 0 Å². The van der Waals surface area contributed by atoms with Gasteiger partial charge in [0.05, 0.1) is 25.2 Å². The zero-order chi connectivity index (χ0) is 12.1. The molecule has 0 bridgehead atoms. The lowest BCUT2D eigenvalue weighted by Crippen LogP contribution is -2.05. The highest BCUT2D eigenvalue weighted by Gasteiger charge is 2.11. The summed E-state index contributed by atoms with van der Waals surface area (Å²) in [7, 11) is 1.30. The van der Waals surface area contributed by atoms with E-state index in [0.717, 1.165) is 0 Å². The van der Waals surface area contributed by atoms with Crippen molar-refractivity contribution in [3.8, 4) is 11.8 Å². The monoisotopic (exact) mass is 219 g/mol. The normalized spacial score (nSPS) is 9.56. The zero-order valence-electron chi connectivity index (χ0n) is 9.28. The summed E-state index contributed by atoms with van der Waals surface area (Å²) >= 11 is 0. The largest absolute Gasteiger partial charge is 0.508 e. The third-order valence-corrected chi connectivity index (χ3v) is 2.34. The second-order valence-corrected chi connectivity index (χ2v) is 3.36. The van der Waals surface area contributed by atoms with E-state index in [2.05, 4.69) is 4.74 Å². The lowest BCUT2D eigenvalue weighted by atomic mass is 10.00. The van der Waals surface area contributed by atoms with Gasteiger partial charge < -0.3 is 9.84 Å². The third kappa shape index (κ3) is 2.51. The van der Waals surface area contributed by atoms with E-state index in [0.29, 0.717) is 23.1 Å². The van der Waals surface area contributed by atoms with Gasteiger partial charge in [0.15, 0.2) is 0 Å². The Morgan fingerprint density at radius 3 is 2.75 bits per heavy atom. The number of carbonyl (C=O) groups excluding carboxylic acids is 1. The highest BCUT2D eigenvalue weighted by Crippen LogP contribution is 2.24. The maximum absolute atomic E-state index is 11.1. The van der Waals surface area contributed by atoms with E-state index in [4.69, 9.17) is 5.26 Å². The molecule has 0 spiro atoms. The van der Waals surface area contributed by atoms with Crippen molar-refractivity contribution in [2.75, 3.05) is 7.11 Å². The van der Waals surface area contributed by atoms with Gasteiger partial charge in [-0.2, -0.15) is 5.26 Å². The fourth-order valence-corrected chi connectivity index (χ4v) is 1.53. The number of phenolic OH excluding ortho intramolecular Hbond substituents is 1. The summed E-state index contributed by atoms with van der Waals surface area (Å²) in [5, 5.41) is 18.6. The number of nitrogens with zero attached hydrogens (tertiary/aromatic N) is 1. The first kappa shape index (κ1) is 12.1. The number of methoxy groups -OCH3 is 1. The quantitative estimate of drug-likeness (QED) is 0.783. The number of carbonyl (C=O) groups is 1. The van der Waals surface area contributed by atoms with Crippen molar-refractivity contribution in [2.24, 2.45) is 0 Å². The standard InChI is InChI=1S/C12H13NO3/c1-3-10-9(7-13)4-8(5-11(10)14)6-12(15)16-2/h4-5,14H,3,6H2,1-2H3. The number of phenols is 1. The Labute approximate surface area is 94.1 Å². The molecule has 4 nitrogen and oxygen atoms in total. The maximum atomic E-state index is 11.1. The Bertz CT molecular complexity index is 446. The van der Waals surface area contributed by atoms with Gasteiger partial charge in [0.1, 0.15) is 5.75 Å². The molecule has 0 radical (unpaired) electrons. The molecule has 0 unspecified atom stereocenters. The van der Waals surface area contributed by atoms with E-state index in [9.17, 15) is 9.90 Å². The highest BCUT2D eigenvalue weighted by molar-refractivity contribution is 5.73. The summed E-state index contributed by atoms with van der Waals surface area (Å²) in [4.78, 5) is 11.1. The van der Waals surface area contributed by atoms with E-state index in [1.165, 1.54) is 13.2 Å². The van der Waals surface area contributed by atoms with Gasteiger partial charge in [-0.25, -0.2) is 0 Å². The van der Waals surface area contributed by atoms with Gasteiger partial charge in [-0.3, -0.25) is 4.79 Å². The SMILES string of the molecule is CCc1c(O)cc(CC(=O)OC)cc1C#N. The van der Waals surface area contributed by atoms with Crippen LogP contribution in [0.1, 0.15) is 23.6 Å². The van der Waals surface area contributed by atoms with Crippen LogP contribution < -0.4 is 0 Å². The molecule has 0 atom stereocenters. The molecule has 0 aliphatic heterocycles. The predicted molar refractivity (Wildman–Crippen MR) is 57.9 cm³/mol. The van der Waals surface area contributed by atoms with Crippen molar-refractivity contribution in [1.29, 1.82) is 5.26 Å². The van der Waals surface area contributed by atoms with Crippen LogP contribution in [0.15, 0.2) is 12.1 Å². The molecule has 84 valence electrons. The Balaban J connectivity index is 3.12. The van der Waals surface area contributed by atoms with E-state index in [1.807, 2.05) is 13.0 Å². The average Bonchev–Trinajstić information content (AvgIpc) is 2.28. The van der Waals surface area contributed by atoms with E-state index >= 15 is 0 Å². The molecule has 0 aromatic heterocycles. The molecule has 16 heavy (non-hydrogen) atoms. The topological polar surface area (TPSA) is 70.3 Å². The molecule has 4 heteroatoms. The first-order valence-corrected chi connectivity index (χ1v) is 4.94. The molecule has 0 saturated heterocycles. The number of benzene rings is 1. The number of nitriles is 1. The van der Waals surface area contributed by atoms with E-state index in [-0.39, 0.29) is 12.2 Å². The lowest BCUT2D eigenvalue weighted by Gasteiger charge is -2.07. The predicted octanol–water partition coefficient (Wildman–Crippen LogP) is 1.54. The minimum absolute atomic E-state index is 0.0560. The molecule has 0 heterocycles. The summed E-state index contributed by atoms with van der Waals surface area (Å²) in [5.74, 6) is -0.340. The first-order chi connectivity index (χ1) is 7.62. The van der Waals surface area contributed by atoms with Crippen molar-refractivity contribution in [1.82, 2.24) is 0 Å². The molecule has 0 aliphatic rings. The van der Waals surface area contributed by atoms with Crippen molar-refractivity contribution in [3.63, 3.8) is 0 Å². The molecule has 0 amide bonds. The van der Waals surface area contributed by atoms with Crippen LogP contribution >= 0.6 is 0 Å². The van der Waals surface area contributed by atoms with Crippen LogP contribution in [0.5, 0.6) is 5.75 Å². The maximum Gasteiger partial charge on any atom is 0.309 e. The zero-order valence-corrected chi connectivity index (χ0v) is 9.28. The van der Waals surface area contributed by atoms with Gasteiger partial charge in [-0.1, -0.05) is 6.92 Å². The average molecular weight is 219 g/mol. The van der Waals surface area contributed by atoms with Gasteiger partial charge >= 0.3 is 5.97 Å². The molecule has 1 aromatic rings. The van der Waals surface area contributed by atoms with Crippen LogP contribution in [0.3, 0.4) is 0 Å². The minimum atomic E-state index is -0.396. The molecule has 1 rings (SSSR count). The number of esters is 1. The smallest absolute Gasteiger partial charge is 0.309 e. The third-order valence-electron chi connectivity index (χ3n) is 2.34. The Morgan fingerprint density at radius 2 is 2.25 bits per heavy atom. The second-order valence-electron chi connectivity index (χ2n) is 3.36. The summed E-state index contributed by atoms with van der Waals surface area (Å²) in [6.45, 7) is 1.86. The number of hydrogen-bond acceptors (Lipinski definition) is 4. The Morgan fingerprint density at radius 1 is 1.56 bits per heavy atom. The molecule has 1 aromatic carbocycles. The van der Waals surface area contributed by atoms with Crippen molar-refractivity contribution in [2.45, 2.75) is 19.8 Å². The van der Waals surface area contributed by atoms with Crippen molar-refractivity contribution in [3.05, 3.63) is 28.8 Å². The molecular weight excluding hydrogens is 206 g/mol. The molecule has 1 N–H and O–H groups in total. The van der Waals surface area contributed by atoms with Gasteiger partial charge in [0, 0.05) is 5.56 Å². The van der Waals surface area contributed by atoms with Crippen molar-refractivity contribution >= 4 is 5.97 Å². The van der Waals surface area contributed by atoms with Crippen molar-refractivity contribution < 1.29 is 14.6 Å². The van der Waals surface area contributed by atoms with Crippen LogP contribution in [0.25, 0.3) is 0 Å². The highest BCUT2D eigenvalue weighted by atomic mass is 16.5. The van der Waals surface area contributed by atoms with Crippen LogP contribution in [0, 0.1) is 11.3 Å². The number of hydrogen-bond donors (Lipinski definition) is 1. The first-order valence-electron chi connectivity index (χ1n) is 4.94. The molecular formula is C12H13NO3.